The van der Waals surface area contributed by atoms with E-state index < -0.39 is 0 Å². The molecule has 0 aliphatic carbocycles. The van der Waals surface area contributed by atoms with E-state index in [-0.39, 0.29) is 0 Å². The summed E-state index contributed by atoms with van der Waals surface area (Å²) in [7, 11) is 1.87. The van der Waals surface area contributed by atoms with Gasteiger partial charge in [0.15, 0.2) is 5.96 Å². The highest BCUT2D eigenvalue weighted by molar-refractivity contribution is 5.80. The second kappa shape index (κ2) is 8.38. The van der Waals surface area contributed by atoms with Gasteiger partial charge in [0.1, 0.15) is 0 Å². The molecule has 2 saturated heterocycles. The largest absolute Gasteiger partial charge is 0.369 e. The van der Waals surface area contributed by atoms with Gasteiger partial charge in [0.05, 0.1) is 0 Å². The van der Waals surface area contributed by atoms with Crippen LogP contribution >= 0.6 is 0 Å². The van der Waals surface area contributed by atoms with Crippen molar-refractivity contribution in [3.8, 4) is 0 Å². The van der Waals surface area contributed by atoms with Gasteiger partial charge in [-0.3, -0.25) is 4.99 Å². The lowest BCUT2D eigenvalue weighted by molar-refractivity contribution is 0.341. The Labute approximate surface area is 146 Å². The van der Waals surface area contributed by atoms with Gasteiger partial charge in [0, 0.05) is 45.0 Å². The Kier molecular flexibility index (Phi) is 5.96. The number of nitrogens with zero attached hydrogens (tertiary/aromatic N) is 3. The SMILES string of the molecule is CCN1CCC(CNC(=NC)NC2CCN(c3ccccc3)C2)C1. The van der Waals surface area contributed by atoms with Gasteiger partial charge in [-0.1, -0.05) is 25.1 Å². The van der Waals surface area contributed by atoms with E-state index in [2.05, 4.69) is 62.7 Å². The molecule has 0 amide bonds. The number of likely N-dealkylation sites (tertiary alicyclic amines) is 1. The van der Waals surface area contributed by atoms with Crippen molar-refractivity contribution in [3.05, 3.63) is 30.3 Å². The number of anilines is 1. The molecule has 0 spiro atoms. The Morgan fingerprint density at radius 2 is 2.00 bits per heavy atom. The molecule has 2 aliphatic heterocycles. The Morgan fingerprint density at radius 3 is 2.71 bits per heavy atom. The molecular formula is C19H31N5. The van der Waals surface area contributed by atoms with Crippen molar-refractivity contribution in [2.45, 2.75) is 25.8 Å². The summed E-state index contributed by atoms with van der Waals surface area (Å²) in [5, 5.41) is 7.13. The molecule has 0 radical (unpaired) electrons. The average Bonchev–Trinajstić information content (AvgIpc) is 3.28. The number of aliphatic imine (C=N–C) groups is 1. The zero-order valence-electron chi connectivity index (χ0n) is 15.0. The van der Waals surface area contributed by atoms with Crippen LogP contribution < -0.4 is 15.5 Å². The third kappa shape index (κ3) is 4.41. The third-order valence-corrected chi connectivity index (χ3v) is 5.25. The van der Waals surface area contributed by atoms with Crippen LogP contribution in [0.1, 0.15) is 19.8 Å². The molecule has 2 atom stereocenters. The van der Waals surface area contributed by atoms with Crippen LogP contribution in [0.2, 0.25) is 0 Å². The predicted octanol–water partition coefficient (Wildman–Crippen LogP) is 1.77. The van der Waals surface area contributed by atoms with Gasteiger partial charge in [-0.2, -0.15) is 0 Å². The fourth-order valence-electron chi connectivity index (χ4n) is 3.75. The minimum absolute atomic E-state index is 0.465. The molecule has 2 fully saturated rings. The van der Waals surface area contributed by atoms with E-state index >= 15 is 0 Å². The molecular weight excluding hydrogens is 298 g/mol. The number of benzene rings is 1. The second-order valence-electron chi connectivity index (χ2n) is 6.91. The first kappa shape index (κ1) is 17.1. The van der Waals surface area contributed by atoms with E-state index in [1.54, 1.807) is 0 Å². The zero-order valence-corrected chi connectivity index (χ0v) is 15.0. The van der Waals surface area contributed by atoms with Crippen LogP contribution in [0.5, 0.6) is 0 Å². The van der Waals surface area contributed by atoms with Crippen LogP contribution in [0.3, 0.4) is 0 Å². The van der Waals surface area contributed by atoms with Crippen LogP contribution in [0.15, 0.2) is 35.3 Å². The lowest BCUT2D eigenvalue weighted by Gasteiger charge is -2.21. The van der Waals surface area contributed by atoms with E-state index in [1.165, 1.54) is 31.7 Å². The molecule has 5 nitrogen and oxygen atoms in total. The molecule has 24 heavy (non-hydrogen) atoms. The van der Waals surface area contributed by atoms with Gasteiger partial charge in [-0.15, -0.1) is 0 Å². The number of hydrogen-bond donors (Lipinski definition) is 2. The van der Waals surface area contributed by atoms with Crippen LogP contribution in [0, 0.1) is 5.92 Å². The van der Waals surface area contributed by atoms with Gasteiger partial charge in [-0.05, 0) is 44.0 Å². The van der Waals surface area contributed by atoms with Crippen molar-refractivity contribution in [3.63, 3.8) is 0 Å². The third-order valence-electron chi connectivity index (χ3n) is 5.25. The molecule has 2 aliphatic rings. The molecule has 2 unspecified atom stereocenters. The summed E-state index contributed by atoms with van der Waals surface area (Å²) in [6, 6.07) is 11.1. The van der Waals surface area contributed by atoms with Crippen molar-refractivity contribution in [2.24, 2.45) is 10.9 Å². The highest BCUT2D eigenvalue weighted by atomic mass is 15.2. The molecule has 2 N–H and O–H groups in total. The maximum Gasteiger partial charge on any atom is 0.191 e. The van der Waals surface area contributed by atoms with Crippen LogP contribution in [-0.4, -0.2) is 63.2 Å². The number of guanidine groups is 1. The minimum Gasteiger partial charge on any atom is -0.369 e. The topological polar surface area (TPSA) is 42.9 Å². The molecule has 2 heterocycles. The Balaban J connectivity index is 1.43. The first-order valence-corrected chi connectivity index (χ1v) is 9.28. The quantitative estimate of drug-likeness (QED) is 0.638. The normalized spacial score (nSPS) is 25.2. The van der Waals surface area contributed by atoms with Crippen molar-refractivity contribution in [1.82, 2.24) is 15.5 Å². The van der Waals surface area contributed by atoms with Crippen molar-refractivity contribution >= 4 is 11.6 Å². The summed E-state index contributed by atoms with van der Waals surface area (Å²) < 4.78 is 0. The Morgan fingerprint density at radius 1 is 1.17 bits per heavy atom. The van der Waals surface area contributed by atoms with E-state index in [1.807, 2.05) is 7.05 Å². The fourth-order valence-corrected chi connectivity index (χ4v) is 3.75. The van der Waals surface area contributed by atoms with E-state index in [0.29, 0.717) is 6.04 Å². The molecule has 0 aromatic heterocycles. The zero-order chi connectivity index (χ0) is 16.8. The monoisotopic (exact) mass is 329 g/mol. The summed E-state index contributed by atoms with van der Waals surface area (Å²) in [5.41, 5.74) is 1.32. The standard InChI is InChI=1S/C19H31N5/c1-3-23-11-9-16(14-23)13-21-19(20-2)22-17-10-12-24(15-17)18-7-5-4-6-8-18/h4-8,16-17H,3,9-15H2,1-2H3,(H2,20,21,22). The maximum absolute atomic E-state index is 4.41. The molecule has 0 bridgehead atoms. The second-order valence-corrected chi connectivity index (χ2v) is 6.91. The number of nitrogens with one attached hydrogen (secondary N) is 2. The summed E-state index contributed by atoms with van der Waals surface area (Å²) in [4.78, 5) is 9.38. The van der Waals surface area contributed by atoms with E-state index in [9.17, 15) is 0 Å². The van der Waals surface area contributed by atoms with Crippen LogP contribution in [0.4, 0.5) is 5.69 Å². The summed E-state index contributed by atoms with van der Waals surface area (Å²) in [6.07, 6.45) is 2.45. The predicted molar refractivity (Wildman–Crippen MR) is 102 cm³/mol. The highest BCUT2D eigenvalue weighted by Gasteiger charge is 2.24. The first-order chi connectivity index (χ1) is 11.8. The molecule has 5 heteroatoms. The molecule has 0 saturated carbocycles. The van der Waals surface area contributed by atoms with Crippen molar-refractivity contribution in [1.29, 1.82) is 0 Å². The lowest BCUT2D eigenvalue weighted by atomic mass is 10.1. The number of para-hydroxylation sites is 1. The molecule has 3 rings (SSSR count). The Hall–Kier alpha value is -1.75. The fraction of sp³-hybridized carbons (Fsp3) is 0.632. The van der Waals surface area contributed by atoms with Gasteiger partial charge in [-0.25, -0.2) is 0 Å². The molecule has 1 aromatic carbocycles. The smallest absolute Gasteiger partial charge is 0.191 e. The molecule has 132 valence electrons. The first-order valence-electron chi connectivity index (χ1n) is 9.28. The van der Waals surface area contributed by atoms with Crippen molar-refractivity contribution in [2.75, 3.05) is 51.2 Å². The lowest BCUT2D eigenvalue weighted by Crippen LogP contribution is -2.46. The summed E-state index contributed by atoms with van der Waals surface area (Å²) in [6.45, 7) is 9.03. The van der Waals surface area contributed by atoms with Gasteiger partial charge < -0.3 is 20.4 Å². The maximum atomic E-state index is 4.41. The van der Waals surface area contributed by atoms with Crippen LogP contribution in [0.25, 0.3) is 0 Å². The molecule has 1 aromatic rings. The Bertz CT molecular complexity index is 530. The van der Waals surface area contributed by atoms with Gasteiger partial charge in [0.2, 0.25) is 0 Å². The minimum atomic E-state index is 0.465. The number of hydrogen-bond acceptors (Lipinski definition) is 3. The average molecular weight is 329 g/mol. The van der Waals surface area contributed by atoms with E-state index in [4.69, 9.17) is 0 Å². The van der Waals surface area contributed by atoms with Gasteiger partial charge >= 0.3 is 0 Å². The van der Waals surface area contributed by atoms with Crippen LogP contribution in [-0.2, 0) is 0 Å². The summed E-state index contributed by atoms with van der Waals surface area (Å²) in [5.74, 6) is 1.69. The van der Waals surface area contributed by atoms with Crippen molar-refractivity contribution < 1.29 is 0 Å². The number of rotatable bonds is 5. The highest BCUT2D eigenvalue weighted by Crippen LogP contribution is 2.19. The van der Waals surface area contributed by atoms with Gasteiger partial charge in [0.25, 0.3) is 0 Å². The summed E-state index contributed by atoms with van der Waals surface area (Å²) >= 11 is 0. The van der Waals surface area contributed by atoms with E-state index in [0.717, 1.165) is 37.9 Å².